The molecule has 0 spiro atoms. The first-order valence-corrected chi connectivity index (χ1v) is 3.43. The summed E-state index contributed by atoms with van der Waals surface area (Å²) >= 11 is 0. The molecule has 1 heterocycles. The third-order valence-corrected chi connectivity index (χ3v) is 1.63. The Morgan fingerprint density at radius 1 is 1.78 bits per heavy atom. The van der Waals surface area contributed by atoms with Crippen LogP contribution in [0.2, 0.25) is 0 Å². The van der Waals surface area contributed by atoms with E-state index in [1.807, 2.05) is 7.05 Å². The molecule has 0 aliphatic carbocycles. The van der Waals surface area contributed by atoms with Crippen molar-refractivity contribution in [2.24, 2.45) is 0 Å². The topological polar surface area (TPSA) is 37.2 Å². The molecule has 3 nitrogen and oxygen atoms in total. The van der Waals surface area contributed by atoms with Crippen LogP contribution in [0.25, 0.3) is 0 Å². The van der Waals surface area contributed by atoms with Crippen LogP contribution in [-0.4, -0.2) is 44.8 Å². The highest BCUT2D eigenvalue weighted by Crippen LogP contribution is 2.00. The molecule has 1 unspecified atom stereocenters. The Morgan fingerprint density at radius 2 is 2.44 bits per heavy atom. The van der Waals surface area contributed by atoms with Crippen LogP contribution >= 0.6 is 0 Å². The molecular formula is C6H15N3. The number of rotatable bonds is 4. The molecule has 9 heavy (non-hydrogen) atoms. The van der Waals surface area contributed by atoms with Gasteiger partial charge in [-0.3, -0.25) is 10.2 Å². The summed E-state index contributed by atoms with van der Waals surface area (Å²) in [7, 11) is 4.12. The Balaban J connectivity index is 1.96. The summed E-state index contributed by atoms with van der Waals surface area (Å²) in [5, 5.41) is 6.35. The van der Waals surface area contributed by atoms with Gasteiger partial charge in [0.25, 0.3) is 0 Å². The Bertz CT molecular complexity index is 80.4. The number of likely N-dealkylation sites (N-methyl/N-ethyl adjacent to an activating group) is 2. The standard InChI is InChI=1S/C6H15N3/c1-7-3-4-9(2)6-5-8-6/h6-8H,3-5H2,1-2H3. The summed E-state index contributed by atoms with van der Waals surface area (Å²) in [5.74, 6) is 0. The van der Waals surface area contributed by atoms with Crippen molar-refractivity contribution in [2.45, 2.75) is 6.17 Å². The first-order valence-electron chi connectivity index (χ1n) is 3.43. The van der Waals surface area contributed by atoms with Gasteiger partial charge in [0.05, 0.1) is 6.17 Å². The molecule has 2 N–H and O–H groups in total. The fourth-order valence-corrected chi connectivity index (χ4v) is 0.808. The van der Waals surface area contributed by atoms with E-state index in [1.54, 1.807) is 0 Å². The second kappa shape index (κ2) is 3.15. The van der Waals surface area contributed by atoms with E-state index in [0.29, 0.717) is 6.17 Å². The molecule has 3 heteroatoms. The van der Waals surface area contributed by atoms with Gasteiger partial charge in [0, 0.05) is 19.6 Å². The van der Waals surface area contributed by atoms with Crippen LogP contribution in [0.4, 0.5) is 0 Å². The van der Waals surface area contributed by atoms with Gasteiger partial charge in [-0.25, -0.2) is 0 Å². The third kappa shape index (κ3) is 2.30. The van der Waals surface area contributed by atoms with Crippen molar-refractivity contribution >= 4 is 0 Å². The first-order chi connectivity index (χ1) is 4.34. The zero-order valence-corrected chi connectivity index (χ0v) is 6.15. The average Bonchev–Trinajstić information content (AvgIpc) is 2.63. The molecule has 1 aliphatic heterocycles. The van der Waals surface area contributed by atoms with E-state index in [4.69, 9.17) is 0 Å². The fraction of sp³-hybridized carbons (Fsp3) is 1.00. The van der Waals surface area contributed by atoms with E-state index in [1.165, 1.54) is 6.54 Å². The van der Waals surface area contributed by atoms with Crippen LogP contribution in [0, 0.1) is 0 Å². The maximum absolute atomic E-state index is 3.24. The van der Waals surface area contributed by atoms with E-state index in [9.17, 15) is 0 Å². The molecule has 54 valence electrons. The van der Waals surface area contributed by atoms with E-state index in [-0.39, 0.29) is 0 Å². The average molecular weight is 129 g/mol. The molecule has 1 saturated heterocycles. The summed E-state index contributed by atoms with van der Waals surface area (Å²) in [6, 6.07) is 0. The molecule has 1 atom stereocenters. The maximum atomic E-state index is 3.24. The van der Waals surface area contributed by atoms with Gasteiger partial charge in [0.1, 0.15) is 0 Å². The van der Waals surface area contributed by atoms with E-state index < -0.39 is 0 Å². The lowest BCUT2D eigenvalue weighted by Gasteiger charge is -2.12. The summed E-state index contributed by atoms with van der Waals surface area (Å²) in [5.41, 5.74) is 0. The largest absolute Gasteiger partial charge is 0.318 e. The Kier molecular flexibility index (Phi) is 2.45. The summed E-state index contributed by atoms with van der Waals surface area (Å²) in [6.07, 6.45) is 0.665. The van der Waals surface area contributed by atoms with Gasteiger partial charge in [-0.2, -0.15) is 0 Å². The smallest absolute Gasteiger partial charge is 0.0725 e. The molecule has 0 bridgehead atoms. The van der Waals surface area contributed by atoms with Crippen LogP contribution in [0.15, 0.2) is 0 Å². The Hall–Kier alpha value is -0.120. The van der Waals surface area contributed by atoms with Gasteiger partial charge in [0.15, 0.2) is 0 Å². The second-order valence-corrected chi connectivity index (χ2v) is 2.51. The molecular weight excluding hydrogens is 114 g/mol. The van der Waals surface area contributed by atoms with Gasteiger partial charge in [-0.05, 0) is 14.1 Å². The van der Waals surface area contributed by atoms with Crippen molar-refractivity contribution < 1.29 is 0 Å². The lowest BCUT2D eigenvalue weighted by atomic mass is 10.5. The lowest BCUT2D eigenvalue weighted by molar-refractivity contribution is 0.322. The minimum absolute atomic E-state index is 0.665. The normalized spacial score (nSPS) is 25.0. The minimum Gasteiger partial charge on any atom is -0.318 e. The maximum Gasteiger partial charge on any atom is 0.0725 e. The molecule has 1 aliphatic rings. The highest BCUT2D eigenvalue weighted by molar-refractivity contribution is 4.81. The van der Waals surface area contributed by atoms with E-state index in [2.05, 4.69) is 22.6 Å². The molecule has 0 radical (unpaired) electrons. The molecule has 0 aromatic rings. The van der Waals surface area contributed by atoms with Gasteiger partial charge < -0.3 is 5.32 Å². The van der Waals surface area contributed by atoms with Gasteiger partial charge in [-0.1, -0.05) is 0 Å². The highest BCUT2D eigenvalue weighted by atomic mass is 15.4. The molecule has 0 saturated carbocycles. The van der Waals surface area contributed by atoms with Crippen molar-refractivity contribution in [1.29, 1.82) is 0 Å². The zero-order valence-electron chi connectivity index (χ0n) is 6.15. The fourth-order valence-electron chi connectivity index (χ4n) is 0.808. The molecule has 1 rings (SSSR count). The number of hydrogen-bond donors (Lipinski definition) is 2. The van der Waals surface area contributed by atoms with Crippen molar-refractivity contribution in [3.63, 3.8) is 0 Å². The number of nitrogens with zero attached hydrogens (tertiary/aromatic N) is 1. The van der Waals surface area contributed by atoms with Crippen molar-refractivity contribution in [1.82, 2.24) is 15.5 Å². The molecule has 0 aromatic heterocycles. The Morgan fingerprint density at radius 3 is 2.89 bits per heavy atom. The monoisotopic (exact) mass is 129 g/mol. The van der Waals surface area contributed by atoms with Gasteiger partial charge in [0.2, 0.25) is 0 Å². The molecule has 0 aromatic carbocycles. The van der Waals surface area contributed by atoms with Gasteiger partial charge in [-0.15, -0.1) is 0 Å². The Labute approximate surface area is 56.4 Å². The SMILES string of the molecule is CNCCN(C)C1CN1. The third-order valence-electron chi connectivity index (χ3n) is 1.63. The lowest BCUT2D eigenvalue weighted by Crippen LogP contribution is -2.30. The van der Waals surface area contributed by atoms with Gasteiger partial charge >= 0.3 is 0 Å². The quantitative estimate of drug-likeness (QED) is 0.481. The van der Waals surface area contributed by atoms with Crippen molar-refractivity contribution in [3.8, 4) is 0 Å². The van der Waals surface area contributed by atoms with E-state index in [0.717, 1.165) is 13.1 Å². The second-order valence-electron chi connectivity index (χ2n) is 2.51. The summed E-state index contributed by atoms with van der Waals surface area (Å²) < 4.78 is 0. The van der Waals surface area contributed by atoms with Crippen LogP contribution in [0.5, 0.6) is 0 Å². The van der Waals surface area contributed by atoms with Crippen LogP contribution < -0.4 is 10.6 Å². The molecule has 0 amide bonds. The van der Waals surface area contributed by atoms with E-state index >= 15 is 0 Å². The summed E-state index contributed by atoms with van der Waals surface area (Å²) in [6.45, 7) is 3.38. The zero-order chi connectivity index (χ0) is 6.69. The predicted molar refractivity (Wildman–Crippen MR) is 38.3 cm³/mol. The number of nitrogens with one attached hydrogen (secondary N) is 2. The highest BCUT2D eigenvalue weighted by Gasteiger charge is 2.23. The van der Waals surface area contributed by atoms with Crippen LogP contribution in [0.3, 0.4) is 0 Å². The minimum atomic E-state index is 0.665. The van der Waals surface area contributed by atoms with Crippen molar-refractivity contribution in [3.05, 3.63) is 0 Å². The van der Waals surface area contributed by atoms with Crippen LogP contribution in [0.1, 0.15) is 0 Å². The van der Waals surface area contributed by atoms with Crippen LogP contribution in [-0.2, 0) is 0 Å². The first kappa shape index (κ1) is 6.99. The molecule has 1 fully saturated rings. The van der Waals surface area contributed by atoms with Crippen molar-refractivity contribution in [2.75, 3.05) is 33.7 Å². The summed E-state index contributed by atoms with van der Waals surface area (Å²) in [4.78, 5) is 2.32. The number of hydrogen-bond acceptors (Lipinski definition) is 3. The predicted octanol–water partition coefficient (Wildman–Crippen LogP) is -0.933.